The number of hydrogen-bond donors (Lipinski definition) is 1. The summed E-state index contributed by atoms with van der Waals surface area (Å²) in [6, 6.07) is 6.36. The van der Waals surface area contributed by atoms with Gasteiger partial charge in [0, 0.05) is 43.3 Å². The molecule has 1 saturated heterocycles. The van der Waals surface area contributed by atoms with Crippen LogP contribution in [0.25, 0.3) is 11.0 Å². The van der Waals surface area contributed by atoms with Crippen molar-refractivity contribution in [3.63, 3.8) is 0 Å². The molecule has 9 heteroatoms. The zero-order chi connectivity index (χ0) is 23.0. The second-order valence-electron chi connectivity index (χ2n) is 8.08. The minimum absolute atomic E-state index is 0.0563. The number of anilines is 1. The van der Waals surface area contributed by atoms with Crippen molar-refractivity contribution in [2.45, 2.75) is 44.8 Å². The molecule has 0 atom stereocenters. The van der Waals surface area contributed by atoms with E-state index in [9.17, 15) is 0 Å². The third-order valence-electron chi connectivity index (χ3n) is 5.97. The van der Waals surface area contributed by atoms with E-state index in [1.54, 1.807) is 12.4 Å². The molecule has 33 heavy (non-hydrogen) atoms. The second-order valence-corrected chi connectivity index (χ2v) is 8.08. The number of benzene rings is 1. The van der Waals surface area contributed by atoms with Gasteiger partial charge in [0.25, 0.3) is 0 Å². The molecule has 2 heterocycles. The summed E-state index contributed by atoms with van der Waals surface area (Å²) in [4.78, 5) is 19.2. The molecule has 1 aromatic heterocycles. The van der Waals surface area contributed by atoms with Crippen LogP contribution in [0.15, 0.2) is 46.4 Å². The first-order valence-electron chi connectivity index (χ1n) is 11.3. The van der Waals surface area contributed by atoms with Crippen molar-refractivity contribution in [1.82, 2.24) is 15.3 Å². The molecule has 0 spiro atoms. The molecule has 2 aromatic rings. The Balaban J connectivity index is 1.43. The van der Waals surface area contributed by atoms with Crippen LogP contribution in [0.2, 0.25) is 0 Å². The summed E-state index contributed by atoms with van der Waals surface area (Å²) in [5.74, 6) is 1.48. The summed E-state index contributed by atoms with van der Waals surface area (Å²) in [6.07, 6.45) is 9.06. The van der Waals surface area contributed by atoms with Crippen molar-refractivity contribution in [2.24, 2.45) is 9.98 Å². The Hall–Kier alpha value is -3.51. The van der Waals surface area contributed by atoms with Crippen molar-refractivity contribution in [3.8, 4) is 11.8 Å². The van der Waals surface area contributed by atoms with Crippen molar-refractivity contribution in [1.29, 1.82) is 5.26 Å². The summed E-state index contributed by atoms with van der Waals surface area (Å²) in [5.41, 5.74) is 2.73. The van der Waals surface area contributed by atoms with Crippen molar-refractivity contribution in [3.05, 3.63) is 36.4 Å². The van der Waals surface area contributed by atoms with E-state index in [0.29, 0.717) is 5.82 Å². The van der Waals surface area contributed by atoms with E-state index in [4.69, 9.17) is 14.7 Å². The predicted octanol–water partition coefficient (Wildman–Crippen LogP) is 3.23. The Morgan fingerprint density at radius 3 is 2.70 bits per heavy atom. The summed E-state index contributed by atoms with van der Waals surface area (Å²) < 4.78 is 12.0. The molecule has 2 aliphatic rings. The number of rotatable bonds is 6. The smallest absolute Gasteiger partial charge is 0.233 e. The van der Waals surface area contributed by atoms with Crippen LogP contribution in [0.4, 0.5) is 5.69 Å². The van der Waals surface area contributed by atoms with Gasteiger partial charge in [-0.2, -0.15) is 5.26 Å². The molecule has 0 unspecified atom stereocenters. The number of aromatic nitrogens is 2. The average molecular weight is 448 g/mol. The summed E-state index contributed by atoms with van der Waals surface area (Å²) >= 11 is 0. The number of amidine groups is 1. The summed E-state index contributed by atoms with van der Waals surface area (Å²) in [6.45, 7) is 8.42. The molecular weight excluding hydrogens is 418 g/mol. The molecule has 9 nitrogen and oxygen atoms in total. The van der Waals surface area contributed by atoms with Gasteiger partial charge >= 0.3 is 0 Å². The lowest BCUT2D eigenvalue weighted by Crippen LogP contribution is -2.36. The lowest BCUT2D eigenvalue weighted by Gasteiger charge is -2.31. The van der Waals surface area contributed by atoms with E-state index in [0.717, 1.165) is 74.5 Å². The van der Waals surface area contributed by atoms with Crippen molar-refractivity contribution in [2.75, 3.05) is 31.2 Å². The van der Waals surface area contributed by atoms with Crippen molar-refractivity contribution < 1.29 is 9.47 Å². The van der Waals surface area contributed by atoms with Gasteiger partial charge in [-0.1, -0.05) is 0 Å². The van der Waals surface area contributed by atoms with Gasteiger partial charge in [-0.3, -0.25) is 4.98 Å². The molecule has 0 bridgehead atoms. The van der Waals surface area contributed by atoms with Crippen LogP contribution in [0.5, 0.6) is 5.75 Å². The molecule has 172 valence electrons. The molecular formula is C24H29N7O2. The van der Waals surface area contributed by atoms with Gasteiger partial charge in [-0.25, -0.2) is 15.0 Å². The lowest BCUT2D eigenvalue weighted by atomic mass is 9.93. The molecule has 4 rings (SSSR count). The third kappa shape index (κ3) is 5.65. The van der Waals surface area contributed by atoms with Crippen LogP contribution in [-0.4, -0.2) is 61.0 Å². The van der Waals surface area contributed by atoms with E-state index in [1.807, 2.05) is 19.1 Å². The van der Waals surface area contributed by atoms with Gasteiger partial charge in [0.1, 0.15) is 23.2 Å². The van der Waals surface area contributed by atoms with E-state index >= 15 is 0 Å². The van der Waals surface area contributed by atoms with Crippen LogP contribution in [0, 0.1) is 11.3 Å². The predicted molar refractivity (Wildman–Crippen MR) is 129 cm³/mol. The first-order valence-corrected chi connectivity index (χ1v) is 11.3. The molecule has 0 radical (unpaired) electrons. The highest BCUT2D eigenvalue weighted by Gasteiger charge is 2.24. The maximum absolute atomic E-state index is 9.02. The summed E-state index contributed by atoms with van der Waals surface area (Å²) in [7, 11) is 0. The number of nitrogens with zero attached hydrogens (tertiary/aromatic N) is 6. The number of allylic oxidation sites excluding steroid dienone is 1. The molecule has 1 aliphatic heterocycles. The lowest BCUT2D eigenvalue weighted by molar-refractivity contribution is 0.122. The van der Waals surface area contributed by atoms with Crippen LogP contribution >= 0.6 is 0 Å². The number of aliphatic imine (C=N–C) groups is 2. The average Bonchev–Trinajstić information content (AvgIpc) is 2.88. The number of fused-ring (bicyclic) bond motifs is 1. The van der Waals surface area contributed by atoms with Crippen molar-refractivity contribution >= 4 is 29.3 Å². The Kier molecular flexibility index (Phi) is 7.47. The normalized spacial score (nSPS) is 22.0. The Morgan fingerprint density at radius 1 is 1.24 bits per heavy atom. The Morgan fingerprint density at radius 2 is 2.00 bits per heavy atom. The second kappa shape index (κ2) is 10.9. The Bertz CT molecular complexity index is 1080. The fourth-order valence-electron chi connectivity index (χ4n) is 4.23. The molecule has 0 amide bonds. The molecule has 2 fully saturated rings. The quantitative estimate of drug-likeness (QED) is 0.535. The minimum Gasteiger partial charge on any atom is -0.488 e. The molecule has 1 saturated carbocycles. The first-order chi connectivity index (χ1) is 16.2. The van der Waals surface area contributed by atoms with Crippen LogP contribution in [0.3, 0.4) is 0 Å². The van der Waals surface area contributed by atoms with E-state index in [1.165, 1.54) is 0 Å². The Labute approximate surface area is 193 Å². The SMILES string of the molecule is C=NC(C#N)=N/C(=C\C)NC1CCC(Oc2cc(N3CCOCC3)cc3nccnc23)CC1. The maximum Gasteiger partial charge on any atom is 0.233 e. The van der Waals surface area contributed by atoms with Gasteiger partial charge in [-0.15, -0.1) is 0 Å². The highest BCUT2D eigenvalue weighted by atomic mass is 16.5. The molecule has 1 N–H and O–H groups in total. The molecule has 1 aliphatic carbocycles. The fraction of sp³-hybridized carbons (Fsp3) is 0.458. The molecule has 1 aromatic carbocycles. The van der Waals surface area contributed by atoms with Gasteiger partial charge in [-0.05, 0) is 51.5 Å². The van der Waals surface area contributed by atoms with E-state index in [2.05, 4.69) is 49.0 Å². The highest BCUT2D eigenvalue weighted by Crippen LogP contribution is 2.33. The third-order valence-corrected chi connectivity index (χ3v) is 5.97. The van der Waals surface area contributed by atoms with Crippen LogP contribution in [0.1, 0.15) is 32.6 Å². The van der Waals surface area contributed by atoms with Gasteiger partial charge in [0.05, 0.1) is 24.8 Å². The van der Waals surface area contributed by atoms with Gasteiger partial charge < -0.3 is 19.7 Å². The van der Waals surface area contributed by atoms with Gasteiger partial charge in [0.15, 0.2) is 0 Å². The summed E-state index contributed by atoms with van der Waals surface area (Å²) in [5, 5.41) is 12.4. The maximum atomic E-state index is 9.02. The highest BCUT2D eigenvalue weighted by molar-refractivity contribution is 5.99. The van der Waals surface area contributed by atoms with E-state index in [-0.39, 0.29) is 18.0 Å². The van der Waals surface area contributed by atoms with E-state index < -0.39 is 0 Å². The number of morpholine rings is 1. The number of ether oxygens (including phenoxy) is 2. The standard InChI is InChI=1S/C24H29N7O2/c1-3-22(30-23(16-25)26-2)29-17-4-6-19(7-5-17)33-21-15-18(31-10-12-32-13-11-31)14-20-24(21)28-9-8-27-20/h3,8-9,14-15,17,19,29H,2,4-7,10-13H2,1H3/b22-3-,30-23?. The number of hydrogen-bond acceptors (Lipinski definition) is 8. The fourth-order valence-corrected chi connectivity index (χ4v) is 4.23. The zero-order valence-electron chi connectivity index (χ0n) is 18.9. The largest absolute Gasteiger partial charge is 0.488 e. The number of nitrogens with one attached hydrogen (secondary N) is 1. The monoisotopic (exact) mass is 447 g/mol. The minimum atomic E-state index is 0.0563. The van der Waals surface area contributed by atoms with Crippen LogP contribution < -0.4 is 15.0 Å². The first kappa shape index (κ1) is 22.7. The van der Waals surface area contributed by atoms with Crippen LogP contribution in [-0.2, 0) is 4.74 Å². The number of nitriles is 1. The zero-order valence-corrected chi connectivity index (χ0v) is 18.9. The topological polar surface area (TPSA) is 108 Å². The van der Waals surface area contributed by atoms with Gasteiger partial charge in [0.2, 0.25) is 5.84 Å².